The lowest BCUT2D eigenvalue weighted by Gasteiger charge is -2.43. The number of aryl methyl sites for hydroxylation is 1. The number of benzene rings is 1. The maximum atomic E-state index is 13.8. The van der Waals surface area contributed by atoms with E-state index in [2.05, 4.69) is 15.0 Å². The number of nitrogens with zero attached hydrogens (tertiary/aromatic N) is 6. The van der Waals surface area contributed by atoms with E-state index < -0.39 is 0 Å². The number of fused-ring (bicyclic) bond motifs is 3. The number of thiazole rings is 1. The summed E-state index contributed by atoms with van der Waals surface area (Å²) in [5, 5.41) is 7.34. The van der Waals surface area contributed by atoms with Crippen LogP contribution in [0.15, 0.2) is 48.1 Å². The first-order valence-electron chi connectivity index (χ1n) is 12.3. The van der Waals surface area contributed by atoms with Gasteiger partial charge in [-0.05, 0) is 37.0 Å². The molecule has 4 heterocycles. The van der Waals surface area contributed by atoms with Gasteiger partial charge in [0.2, 0.25) is 5.91 Å². The molecule has 2 atom stereocenters. The van der Waals surface area contributed by atoms with E-state index in [0.29, 0.717) is 31.4 Å². The molecule has 3 aromatic rings. The Bertz CT molecular complexity index is 1180. The van der Waals surface area contributed by atoms with Crippen LogP contribution in [0.1, 0.15) is 53.7 Å². The van der Waals surface area contributed by atoms with Crippen molar-refractivity contribution in [2.24, 2.45) is 7.05 Å². The zero-order valence-corrected chi connectivity index (χ0v) is 21.2. The molecular weight excluding hydrogens is 460 g/mol. The van der Waals surface area contributed by atoms with Gasteiger partial charge < -0.3 is 9.80 Å². The normalized spacial score (nSPS) is 21.3. The van der Waals surface area contributed by atoms with Crippen molar-refractivity contribution in [3.05, 3.63) is 64.4 Å². The average molecular weight is 493 g/mol. The molecule has 1 fully saturated rings. The average Bonchev–Trinajstić information content (AvgIpc) is 3.51. The largest absolute Gasteiger partial charge is 0.331 e. The summed E-state index contributed by atoms with van der Waals surface area (Å²) < 4.78 is 1.64. The minimum Gasteiger partial charge on any atom is -0.331 e. The molecule has 1 aromatic carbocycles. The van der Waals surface area contributed by atoms with E-state index in [1.54, 1.807) is 42.3 Å². The minimum absolute atomic E-state index is 0.0278. The Balaban J connectivity index is 1.56. The molecule has 0 spiro atoms. The van der Waals surface area contributed by atoms with Crippen molar-refractivity contribution in [1.82, 2.24) is 24.6 Å². The second-order valence-corrected chi connectivity index (χ2v) is 10.4. The van der Waals surface area contributed by atoms with E-state index in [1.807, 2.05) is 45.6 Å². The fourth-order valence-corrected chi connectivity index (χ4v) is 6.15. The lowest BCUT2D eigenvalue weighted by Crippen LogP contribution is -2.52. The minimum atomic E-state index is -0.0373. The van der Waals surface area contributed by atoms with E-state index in [4.69, 9.17) is 0 Å². The Morgan fingerprint density at radius 1 is 1.09 bits per heavy atom. The van der Waals surface area contributed by atoms with Crippen LogP contribution < -0.4 is 4.90 Å². The number of anilines is 1. The predicted molar refractivity (Wildman–Crippen MR) is 136 cm³/mol. The van der Waals surface area contributed by atoms with Gasteiger partial charge in [-0.1, -0.05) is 24.6 Å². The van der Waals surface area contributed by atoms with Gasteiger partial charge in [0.05, 0.1) is 6.54 Å². The van der Waals surface area contributed by atoms with E-state index in [-0.39, 0.29) is 17.9 Å². The number of carbonyl (C=O) groups excluding carboxylic acids is 2. The second-order valence-electron chi connectivity index (χ2n) is 9.45. The first-order valence-corrected chi connectivity index (χ1v) is 13.2. The number of carbonyl (C=O) groups is 2. The van der Waals surface area contributed by atoms with Crippen LogP contribution in [0.2, 0.25) is 0 Å². The van der Waals surface area contributed by atoms with E-state index in [9.17, 15) is 9.59 Å². The number of aromatic nitrogens is 3. The van der Waals surface area contributed by atoms with Crippen LogP contribution in [0, 0.1) is 0 Å². The molecule has 8 nitrogen and oxygen atoms in total. The molecule has 2 amide bonds. The summed E-state index contributed by atoms with van der Waals surface area (Å²) in [5.41, 5.74) is 2.45. The molecule has 0 N–H and O–H groups in total. The molecule has 2 aromatic heterocycles. The summed E-state index contributed by atoms with van der Waals surface area (Å²) in [6.07, 6.45) is 7.65. The summed E-state index contributed by atoms with van der Waals surface area (Å²) in [7, 11) is 1.80. The van der Waals surface area contributed by atoms with Gasteiger partial charge in [0.25, 0.3) is 5.91 Å². The summed E-state index contributed by atoms with van der Waals surface area (Å²) >= 11 is 1.67. The highest BCUT2D eigenvalue weighted by atomic mass is 32.1. The first kappa shape index (κ1) is 23.7. The van der Waals surface area contributed by atoms with Gasteiger partial charge in [-0.2, -0.15) is 5.10 Å². The number of para-hydroxylation sites is 1. The molecule has 35 heavy (non-hydrogen) atoms. The van der Waals surface area contributed by atoms with Crippen LogP contribution in [0.3, 0.4) is 0 Å². The van der Waals surface area contributed by atoms with Crippen molar-refractivity contribution in [1.29, 1.82) is 0 Å². The third kappa shape index (κ3) is 5.01. The second kappa shape index (κ2) is 10.3. The summed E-state index contributed by atoms with van der Waals surface area (Å²) in [6.45, 7) is 4.13. The zero-order valence-electron chi connectivity index (χ0n) is 20.3. The Labute approximate surface area is 210 Å². The third-order valence-electron chi connectivity index (χ3n) is 7.28. The molecule has 2 aliphatic rings. The first-order chi connectivity index (χ1) is 17.0. The molecule has 0 radical (unpaired) electrons. The maximum Gasteiger partial charge on any atom is 0.272 e. The lowest BCUT2D eigenvalue weighted by molar-refractivity contribution is -0.116. The van der Waals surface area contributed by atoms with Gasteiger partial charge in [-0.25, -0.2) is 4.98 Å². The number of piperidine rings is 1. The lowest BCUT2D eigenvalue weighted by atomic mass is 9.92. The van der Waals surface area contributed by atoms with Crippen LogP contribution in [0.25, 0.3) is 0 Å². The molecule has 0 aliphatic carbocycles. The quantitative estimate of drug-likeness (QED) is 0.557. The predicted octanol–water partition coefficient (Wildman–Crippen LogP) is 3.70. The maximum absolute atomic E-state index is 13.8. The van der Waals surface area contributed by atoms with Gasteiger partial charge in [-0.15, -0.1) is 11.3 Å². The van der Waals surface area contributed by atoms with Crippen molar-refractivity contribution < 1.29 is 9.59 Å². The van der Waals surface area contributed by atoms with E-state index in [1.165, 1.54) is 0 Å². The van der Waals surface area contributed by atoms with Crippen molar-refractivity contribution in [2.45, 2.75) is 57.8 Å². The van der Waals surface area contributed by atoms with Gasteiger partial charge >= 0.3 is 0 Å². The monoisotopic (exact) mass is 492 g/mol. The Hall–Kier alpha value is -3.04. The SMILES string of the molecule is CC(=O)N1CCC2CCCC(CN(C(=O)c3ccnn3C)Cc3ccccc31)N2Cc1nccs1. The molecule has 184 valence electrons. The standard InChI is InChI=1S/C26H32N6O2S/c1-19(33)31-14-11-21-7-5-8-22(32(21)18-25-27-13-15-35-25)17-30(16-20-6-3-4-9-23(20)31)26(34)24-10-12-28-29(24)2/h3-4,6,9-10,12-13,15,21-22H,5,7-8,11,14,16-18H2,1-2H3. The van der Waals surface area contributed by atoms with Crippen LogP contribution in [-0.4, -0.2) is 61.6 Å². The molecule has 9 heteroatoms. The van der Waals surface area contributed by atoms with Gasteiger partial charge in [0.15, 0.2) is 0 Å². The van der Waals surface area contributed by atoms with Crippen LogP contribution in [-0.2, 0) is 24.9 Å². The van der Waals surface area contributed by atoms with E-state index in [0.717, 1.165) is 48.5 Å². The third-order valence-corrected chi connectivity index (χ3v) is 8.05. The molecule has 0 saturated carbocycles. The van der Waals surface area contributed by atoms with Gasteiger partial charge in [-0.3, -0.25) is 19.2 Å². The Kier molecular flexibility index (Phi) is 6.97. The van der Waals surface area contributed by atoms with Gasteiger partial charge in [0.1, 0.15) is 10.7 Å². The number of amides is 2. The fraction of sp³-hybridized carbons (Fsp3) is 0.462. The number of rotatable bonds is 3. The summed E-state index contributed by atoms with van der Waals surface area (Å²) in [6, 6.07) is 10.3. The van der Waals surface area contributed by atoms with Crippen LogP contribution >= 0.6 is 11.3 Å². The summed E-state index contributed by atoms with van der Waals surface area (Å²) in [4.78, 5) is 37.5. The number of hydrogen-bond donors (Lipinski definition) is 0. The Morgan fingerprint density at radius 3 is 2.66 bits per heavy atom. The zero-order chi connectivity index (χ0) is 24.4. The topological polar surface area (TPSA) is 74.6 Å². The van der Waals surface area contributed by atoms with Crippen LogP contribution in [0.5, 0.6) is 0 Å². The van der Waals surface area contributed by atoms with Crippen molar-refractivity contribution >= 4 is 28.8 Å². The smallest absolute Gasteiger partial charge is 0.272 e. The summed E-state index contributed by atoms with van der Waals surface area (Å²) in [5.74, 6) is -0.00946. The highest BCUT2D eigenvalue weighted by Crippen LogP contribution is 2.32. The Morgan fingerprint density at radius 2 is 1.91 bits per heavy atom. The van der Waals surface area contributed by atoms with E-state index >= 15 is 0 Å². The van der Waals surface area contributed by atoms with Crippen LogP contribution in [0.4, 0.5) is 5.69 Å². The van der Waals surface area contributed by atoms with Crippen molar-refractivity contribution in [3.8, 4) is 0 Å². The van der Waals surface area contributed by atoms with Crippen molar-refractivity contribution in [2.75, 3.05) is 18.0 Å². The van der Waals surface area contributed by atoms with Crippen molar-refractivity contribution in [3.63, 3.8) is 0 Å². The molecular formula is C26H32N6O2S. The molecule has 2 bridgehead atoms. The highest BCUT2D eigenvalue weighted by Gasteiger charge is 2.35. The fourth-order valence-electron chi connectivity index (χ4n) is 5.53. The number of hydrogen-bond acceptors (Lipinski definition) is 6. The highest BCUT2D eigenvalue weighted by molar-refractivity contribution is 7.09. The molecule has 1 saturated heterocycles. The van der Waals surface area contributed by atoms with Gasteiger partial charge in [0, 0.05) is 69.2 Å². The molecule has 2 unspecified atom stereocenters. The molecule has 2 aliphatic heterocycles. The molecule has 5 rings (SSSR count).